The summed E-state index contributed by atoms with van der Waals surface area (Å²) in [4.78, 5) is 24.6. The van der Waals surface area contributed by atoms with Crippen LogP contribution in [0.4, 0.5) is 17.6 Å². The lowest BCUT2D eigenvalue weighted by Crippen LogP contribution is -2.25. The van der Waals surface area contributed by atoms with Crippen molar-refractivity contribution in [3.05, 3.63) is 66.1 Å². The largest absolute Gasteiger partial charge is 0.358 e. The summed E-state index contributed by atoms with van der Waals surface area (Å²) < 4.78 is 5.73. The predicted molar refractivity (Wildman–Crippen MR) is 116 cm³/mol. The molecule has 5 heterocycles. The molecule has 1 saturated heterocycles. The van der Waals surface area contributed by atoms with Crippen LogP contribution in [-0.2, 0) is 0 Å². The molecule has 1 unspecified atom stereocenters. The molecule has 31 heavy (non-hydrogen) atoms. The van der Waals surface area contributed by atoms with Crippen LogP contribution in [0.15, 0.2) is 53.4 Å². The van der Waals surface area contributed by atoms with Gasteiger partial charge < -0.3 is 14.7 Å². The molecule has 4 aromatic heterocycles. The number of rotatable bonds is 5. The fraction of sp³-hybridized carbons (Fsp3) is 0.273. The Bertz CT molecular complexity index is 1190. The van der Waals surface area contributed by atoms with E-state index < -0.39 is 0 Å². The highest BCUT2D eigenvalue weighted by molar-refractivity contribution is 5.57. The highest BCUT2D eigenvalue weighted by atomic mass is 16.5. The smallest absolute Gasteiger partial charge is 0.228 e. The predicted octanol–water partition coefficient (Wildman–Crippen LogP) is 4.02. The molecule has 1 aliphatic rings. The van der Waals surface area contributed by atoms with E-state index >= 15 is 0 Å². The Morgan fingerprint density at radius 1 is 1.00 bits per heavy atom. The fourth-order valence-corrected chi connectivity index (χ4v) is 3.83. The summed E-state index contributed by atoms with van der Waals surface area (Å²) in [5, 5.41) is 7.50. The van der Waals surface area contributed by atoms with Gasteiger partial charge in [-0.2, -0.15) is 4.98 Å². The Hall–Kier alpha value is -3.88. The lowest BCUT2D eigenvalue weighted by Gasteiger charge is -2.23. The number of hydrogen-bond donors (Lipinski definition) is 1. The van der Waals surface area contributed by atoms with Crippen molar-refractivity contribution >= 4 is 17.6 Å². The number of nitrogens with zero attached hydrogens (tertiary/aromatic N) is 7. The summed E-state index contributed by atoms with van der Waals surface area (Å²) in [7, 11) is 0. The fourth-order valence-electron chi connectivity index (χ4n) is 3.83. The van der Waals surface area contributed by atoms with E-state index in [0.29, 0.717) is 17.5 Å². The van der Waals surface area contributed by atoms with Crippen molar-refractivity contribution < 1.29 is 4.52 Å². The van der Waals surface area contributed by atoms with Gasteiger partial charge in [0, 0.05) is 43.0 Å². The molecule has 0 aromatic carbocycles. The monoisotopic (exact) mass is 414 g/mol. The van der Waals surface area contributed by atoms with Crippen LogP contribution in [0.1, 0.15) is 36.0 Å². The van der Waals surface area contributed by atoms with Crippen molar-refractivity contribution in [2.24, 2.45) is 0 Å². The van der Waals surface area contributed by atoms with Gasteiger partial charge in [-0.05, 0) is 38.8 Å². The zero-order valence-electron chi connectivity index (χ0n) is 17.4. The first-order chi connectivity index (χ1) is 15.2. The van der Waals surface area contributed by atoms with Gasteiger partial charge in [0.2, 0.25) is 5.95 Å². The van der Waals surface area contributed by atoms with Gasteiger partial charge in [-0.15, -0.1) is 0 Å². The Morgan fingerprint density at radius 2 is 1.90 bits per heavy atom. The lowest BCUT2D eigenvalue weighted by atomic mass is 10.1. The Morgan fingerprint density at radius 3 is 2.74 bits per heavy atom. The van der Waals surface area contributed by atoms with Crippen LogP contribution in [0.3, 0.4) is 0 Å². The van der Waals surface area contributed by atoms with Crippen molar-refractivity contribution in [3.8, 4) is 11.4 Å². The summed E-state index contributed by atoms with van der Waals surface area (Å²) in [6.45, 7) is 4.72. The second-order valence-electron chi connectivity index (χ2n) is 7.49. The highest BCUT2D eigenvalue weighted by Crippen LogP contribution is 2.36. The number of pyridine rings is 1. The zero-order chi connectivity index (χ0) is 21.2. The molecular formula is C22H22N8O. The van der Waals surface area contributed by atoms with Crippen LogP contribution >= 0.6 is 0 Å². The van der Waals surface area contributed by atoms with Crippen molar-refractivity contribution in [2.75, 3.05) is 16.8 Å². The Labute approximate surface area is 179 Å². The number of aromatic nitrogens is 6. The van der Waals surface area contributed by atoms with Crippen LogP contribution < -0.4 is 10.2 Å². The van der Waals surface area contributed by atoms with E-state index in [-0.39, 0.29) is 6.04 Å². The van der Waals surface area contributed by atoms with Crippen molar-refractivity contribution in [3.63, 3.8) is 0 Å². The molecule has 0 saturated carbocycles. The molecule has 1 N–H and O–H groups in total. The Balaban J connectivity index is 1.43. The topological polar surface area (TPSA) is 106 Å². The number of hydrogen-bond acceptors (Lipinski definition) is 9. The Kier molecular flexibility index (Phi) is 4.99. The van der Waals surface area contributed by atoms with E-state index in [4.69, 9.17) is 9.51 Å². The summed E-state index contributed by atoms with van der Waals surface area (Å²) in [6.07, 6.45) is 7.03. The van der Waals surface area contributed by atoms with Gasteiger partial charge in [0.25, 0.3) is 0 Å². The van der Waals surface area contributed by atoms with Crippen molar-refractivity contribution in [2.45, 2.75) is 32.7 Å². The molecule has 1 aliphatic heterocycles. The number of aryl methyl sites for hydroxylation is 2. The SMILES string of the molecule is Cc1cc(Nc2ccccn2)nc(N2CCCC2c2cc(-c3nccnc3C)no2)n1. The van der Waals surface area contributed by atoms with Crippen molar-refractivity contribution in [1.82, 2.24) is 30.1 Å². The van der Waals surface area contributed by atoms with E-state index in [0.717, 1.165) is 48.0 Å². The van der Waals surface area contributed by atoms with E-state index in [1.54, 1.807) is 18.6 Å². The molecular weight excluding hydrogens is 392 g/mol. The average molecular weight is 414 g/mol. The van der Waals surface area contributed by atoms with E-state index in [1.165, 1.54) is 0 Å². The molecule has 0 bridgehead atoms. The lowest BCUT2D eigenvalue weighted by molar-refractivity contribution is 0.362. The zero-order valence-corrected chi connectivity index (χ0v) is 17.4. The number of nitrogens with one attached hydrogen (secondary N) is 1. The standard InChI is InChI=1S/C22H22N8O/c1-14-12-20(27-19-7-3-4-8-24-19)28-22(26-14)30-11-5-6-17(30)18-13-16(29-31-18)21-15(2)23-9-10-25-21/h3-4,7-10,12-13,17H,5-6,11H2,1-2H3,(H,24,26,27,28). The third-order valence-corrected chi connectivity index (χ3v) is 5.25. The maximum absolute atomic E-state index is 5.73. The quantitative estimate of drug-likeness (QED) is 0.518. The van der Waals surface area contributed by atoms with Gasteiger partial charge in [-0.1, -0.05) is 11.2 Å². The van der Waals surface area contributed by atoms with E-state index in [2.05, 4.69) is 35.3 Å². The molecule has 0 amide bonds. The second-order valence-corrected chi connectivity index (χ2v) is 7.49. The maximum atomic E-state index is 5.73. The molecule has 9 nitrogen and oxygen atoms in total. The van der Waals surface area contributed by atoms with Gasteiger partial charge in [-0.3, -0.25) is 9.97 Å². The molecule has 5 rings (SSSR count). The van der Waals surface area contributed by atoms with E-state index in [1.807, 2.05) is 44.2 Å². The van der Waals surface area contributed by atoms with Gasteiger partial charge in [-0.25, -0.2) is 9.97 Å². The summed E-state index contributed by atoms with van der Waals surface area (Å²) >= 11 is 0. The molecule has 0 spiro atoms. The normalized spacial score (nSPS) is 15.9. The van der Waals surface area contributed by atoms with Gasteiger partial charge in [0.05, 0.1) is 11.7 Å². The van der Waals surface area contributed by atoms with Crippen LogP contribution in [0.2, 0.25) is 0 Å². The first kappa shape index (κ1) is 19.1. The van der Waals surface area contributed by atoms with Crippen LogP contribution in [0.25, 0.3) is 11.4 Å². The maximum Gasteiger partial charge on any atom is 0.228 e. The minimum atomic E-state index is 0.0164. The molecule has 9 heteroatoms. The van der Waals surface area contributed by atoms with Crippen molar-refractivity contribution in [1.29, 1.82) is 0 Å². The molecule has 1 atom stereocenters. The molecule has 4 aromatic rings. The first-order valence-corrected chi connectivity index (χ1v) is 10.2. The average Bonchev–Trinajstić information content (AvgIpc) is 3.44. The summed E-state index contributed by atoms with van der Waals surface area (Å²) in [5.41, 5.74) is 3.12. The van der Waals surface area contributed by atoms with Crippen LogP contribution in [-0.4, -0.2) is 36.6 Å². The third kappa shape index (κ3) is 3.94. The van der Waals surface area contributed by atoms with Crippen LogP contribution in [0, 0.1) is 13.8 Å². The number of anilines is 3. The molecule has 1 fully saturated rings. The van der Waals surface area contributed by atoms with Gasteiger partial charge in [0.15, 0.2) is 5.76 Å². The molecule has 0 aliphatic carbocycles. The van der Waals surface area contributed by atoms with Gasteiger partial charge in [0.1, 0.15) is 23.0 Å². The first-order valence-electron chi connectivity index (χ1n) is 10.2. The summed E-state index contributed by atoms with van der Waals surface area (Å²) in [5.74, 6) is 2.89. The third-order valence-electron chi connectivity index (χ3n) is 5.25. The van der Waals surface area contributed by atoms with E-state index in [9.17, 15) is 0 Å². The highest BCUT2D eigenvalue weighted by Gasteiger charge is 2.32. The molecule has 0 radical (unpaired) electrons. The minimum absolute atomic E-state index is 0.0164. The second kappa shape index (κ2) is 8.10. The van der Waals surface area contributed by atoms with Gasteiger partial charge >= 0.3 is 0 Å². The minimum Gasteiger partial charge on any atom is -0.358 e. The summed E-state index contributed by atoms with van der Waals surface area (Å²) in [6, 6.07) is 9.59. The van der Waals surface area contributed by atoms with Crippen LogP contribution in [0.5, 0.6) is 0 Å². The molecule has 156 valence electrons.